The molecule has 5 N–H and O–H groups in total. The molecule has 1 heterocycles. The van der Waals surface area contributed by atoms with Crippen LogP contribution < -0.4 is 25.6 Å². The first-order chi connectivity index (χ1) is 11.8. The molecule has 0 amide bonds. The first kappa shape index (κ1) is 20.8. The Kier molecular flexibility index (Phi) is 5.83. The molecule has 0 aliphatic carbocycles. The fourth-order valence-electron chi connectivity index (χ4n) is 2.32. The van der Waals surface area contributed by atoms with Gasteiger partial charge in [0.15, 0.2) is 0 Å². The SMILES string of the molecule is CN(N)c1cc(Cl)c(Nc2ncc(C(F)(F)F)[c]([Sn]([CH3])([CH3])[CH3])n2)cc1N. The van der Waals surface area contributed by atoms with Gasteiger partial charge in [-0.25, -0.2) is 0 Å². The molecular weight excluding hydrogens is 475 g/mol. The van der Waals surface area contributed by atoms with Gasteiger partial charge in [-0.05, 0) is 0 Å². The number of hydrogen-bond acceptors (Lipinski definition) is 6. The molecule has 0 radical (unpaired) electrons. The molecule has 0 unspecified atom stereocenters. The van der Waals surface area contributed by atoms with Crippen LogP contribution in [0.1, 0.15) is 5.56 Å². The van der Waals surface area contributed by atoms with Gasteiger partial charge in [0.05, 0.1) is 0 Å². The van der Waals surface area contributed by atoms with Crippen molar-refractivity contribution >= 4 is 56.7 Å². The average molecular weight is 496 g/mol. The molecule has 0 bridgehead atoms. The van der Waals surface area contributed by atoms with E-state index in [4.69, 9.17) is 23.2 Å². The zero-order valence-corrected chi connectivity index (χ0v) is 18.4. The van der Waals surface area contributed by atoms with Crippen LogP contribution in [0.4, 0.5) is 36.2 Å². The number of rotatable bonds is 4. The number of hydrazine groups is 1. The van der Waals surface area contributed by atoms with Gasteiger partial charge in [0.2, 0.25) is 0 Å². The van der Waals surface area contributed by atoms with Gasteiger partial charge in [0.25, 0.3) is 0 Å². The van der Waals surface area contributed by atoms with Crippen molar-refractivity contribution < 1.29 is 13.2 Å². The Morgan fingerprint density at radius 1 is 1.23 bits per heavy atom. The van der Waals surface area contributed by atoms with Gasteiger partial charge in [-0.3, -0.25) is 0 Å². The summed E-state index contributed by atoms with van der Waals surface area (Å²) in [6.45, 7) is 0. The number of nitrogens with zero attached hydrogens (tertiary/aromatic N) is 3. The molecule has 26 heavy (non-hydrogen) atoms. The third-order valence-corrected chi connectivity index (χ3v) is 9.00. The van der Waals surface area contributed by atoms with E-state index in [1.807, 2.05) is 14.8 Å². The third-order valence-electron chi connectivity index (χ3n) is 3.55. The Morgan fingerprint density at radius 2 is 1.85 bits per heavy atom. The molecular formula is C15H20ClF3N6Sn. The van der Waals surface area contributed by atoms with Gasteiger partial charge < -0.3 is 0 Å². The van der Waals surface area contributed by atoms with Crippen molar-refractivity contribution in [1.29, 1.82) is 0 Å². The van der Waals surface area contributed by atoms with E-state index in [0.717, 1.165) is 6.20 Å². The minimum absolute atomic E-state index is 0.0368. The second kappa shape index (κ2) is 7.28. The Hall–Kier alpha value is -1.46. The zero-order chi connectivity index (χ0) is 19.9. The molecule has 1 aromatic heterocycles. The van der Waals surface area contributed by atoms with E-state index in [2.05, 4.69) is 15.3 Å². The van der Waals surface area contributed by atoms with Crippen molar-refractivity contribution in [2.75, 3.05) is 23.1 Å². The molecule has 0 atom stereocenters. The third kappa shape index (κ3) is 4.63. The van der Waals surface area contributed by atoms with Crippen molar-refractivity contribution in [3.8, 4) is 0 Å². The summed E-state index contributed by atoms with van der Waals surface area (Å²) in [4.78, 5) is 13.5. The number of anilines is 4. The fraction of sp³-hybridized carbons (Fsp3) is 0.333. The van der Waals surface area contributed by atoms with E-state index in [9.17, 15) is 13.2 Å². The molecule has 0 fully saturated rings. The number of alkyl halides is 3. The van der Waals surface area contributed by atoms with E-state index in [1.54, 1.807) is 13.1 Å². The molecule has 2 aromatic rings. The second-order valence-electron chi connectivity index (χ2n) is 6.83. The Labute approximate surface area is 158 Å². The molecule has 0 spiro atoms. The minimum atomic E-state index is -4.49. The van der Waals surface area contributed by atoms with Crippen LogP contribution in [-0.2, 0) is 6.18 Å². The normalized spacial score (nSPS) is 12.2. The molecule has 142 valence electrons. The summed E-state index contributed by atoms with van der Waals surface area (Å²) < 4.78 is 39.9. The van der Waals surface area contributed by atoms with Crippen molar-refractivity contribution in [3.05, 3.63) is 28.9 Å². The molecule has 0 aliphatic rings. The summed E-state index contributed by atoms with van der Waals surface area (Å²) in [5, 5.41) is 4.44. The van der Waals surface area contributed by atoms with Crippen LogP contribution in [0, 0.1) is 0 Å². The standard InChI is InChI=1S/C12H11ClF3N6.3CH3.Sn/c1-22(18)10-2-7(13)9(3-8(10)17)21-11-19-4-6(5-20-11)12(14,15)16;;;;/h2-4H,17-18H2,1H3,(H,19,20,21);3*1H3;. The Bertz CT molecular complexity index is 820. The number of nitrogens with two attached hydrogens (primary N) is 2. The van der Waals surface area contributed by atoms with E-state index < -0.39 is 30.1 Å². The number of aromatic nitrogens is 2. The molecule has 11 heteroatoms. The predicted molar refractivity (Wildman–Crippen MR) is 102 cm³/mol. The van der Waals surface area contributed by atoms with Gasteiger partial charge in [-0.1, -0.05) is 0 Å². The molecule has 0 saturated heterocycles. The van der Waals surface area contributed by atoms with Gasteiger partial charge in [0.1, 0.15) is 0 Å². The van der Waals surface area contributed by atoms with Crippen LogP contribution in [0.2, 0.25) is 19.8 Å². The van der Waals surface area contributed by atoms with Crippen LogP contribution in [0.3, 0.4) is 0 Å². The van der Waals surface area contributed by atoms with Gasteiger partial charge in [0, 0.05) is 0 Å². The summed E-state index contributed by atoms with van der Waals surface area (Å²) >= 11 is 3.04. The topological polar surface area (TPSA) is 93.1 Å². The Morgan fingerprint density at radius 3 is 2.35 bits per heavy atom. The van der Waals surface area contributed by atoms with E-state index in [-0.39, 0.29) is 14.7 Å². The Balaban J connectivity index is 2.47. The van der Waals surface area contributed by atoms with Crippen LogP contribution in [-0.4, -0.2) is 35.4 Å². The summed E-state index contributed by atoms with van der Waals surface area (Å²) in [7, 11) is 1.61. The van der Waals surface area contributed by atoms with Crippen molar-refractivity contribution in [1.82, 2.24) is 9.97 Å². The first-order valence-electron chi connectivity index (χ1n) is 7.60. The maximum atomic E-state index is 13.3. The fourth-order valence-corrected chi connectivity index (χ4v) is 6.68. The zero-order valence-electron chi connectivity index (χ0n) is 14.7. The number of nitrogen functional groups attached to an aromatic ring is 1. The van der Waals surface area contributed by atoms with Crippen molar-refractivity contribution in [3.63, 3.8) is 0 Å². The number of benzene rings is 1. The average Bonchev–Trinajstić information content (AvgIpc) is 2.48. The van der Waals surface area contributed by atoms with Crippen LogP contribution in [0.25, 0.3) is 0 Å². The van der Waals surface area contributed by atoms with E-state index in [1.165, 1.54) is 11.1 Å². The number of nitrogens with one attached hydrogen (secondary N) is 1. The first-order valence-corrected chi connectivity index (χ1v) is 18.0. The summed E-state index contributed by atoms with van der Waals surface area (Å²) in [5.41, 5.74) is 6.39. The summed E-state index contributed by atoms with van der Waals surface area (Å²) in [5.74, 6) is 5.70. The quantitative estimate of drug-likeness (QED) is 0.261. The number of halogens is 4. The van der Waals surface area contributed by atoms with Crippen LogP contribution >= 0.6 is 11.6 Å². The predicted octanol–water partition coefficient (Wildman–Crippen LogP) is 3.33. The molecule has 1 aromatic carbocycles. The molecule has 6 nitrogen and oxygen atoms in total. The molecule has 0 aliphatic heterocycles. The maximum absolute atomic E-state index is 13.3. The summed E-state index contributed by atoms with van der Waals surface area (Å²) in [6.07, 6.45) is -3.68. The van der Waals surface area contributed by atoms with Crippen molar-refractivity contribution in [2.45, 2.75) is 21.0 Å². The van der Waals surface area contributed by atoms with Crippen LogP contribution in [0.15, 0.2) is 18.3 Å². The molecule has 0 saturated carbocycles. The monoisotopic (exact) mass is 496 g/mol. The van der Waals surface area contributed by atoms with Crippen molar-refractivity contribution in [2.24, 2.45) is 5.84 Å². The molecule has 2 rings (SSSR count). The van der Waals surface area contributed by atoms with E-state index >= 15 is 0 Å². The summed E-state index contributed by atoms with van der Waals surface area (Å²) in [6, 6.07) is 3.08. The van der Waals surface area contributed by atoms with Gasteiger partial charge in [-0.2, -0.15) is 0 Å². The second-order valence-corrected chi connectivity index (χ2v) is 21.4. The van der Waals surface area contributed by atoms with Gasteiger partial charge >= 0.3 is 159 Å². The van der Waals surface area contributed by atoms with Crippen LogP contribution in [0.5, 0.6) is 0 Å². The van der Waals surface area contributed by atoms with E-state index in [0.29, 0.717) is 17.1 Å². The number of hydrogen-bond donors (Lipinski definition) is 3. The van der Waals surface area contributed by atoms with Gasteiger partial charge in [-0.15, -0.1) is 0 Å².